The van der Waals surface area contributed by atoms with Gasteiger partial charge in [-0.15, -0.1) is 0 Å². The van der Waals surface area contributed by atoms with Crippen molar-refractivity contribution in [1.82, 2.24) is 19.7 Å². The van der Waals surface area contributed by atoms with Crippen molar-refractivity contribution < 1.29 is 28.7 Å². The Morgan fingerprint density at radius 2 is 1.60 bits per heavy atom. The van der Waals surface area contributed by atoms with E-state index in [-0.39, 0.29) is 24.9 Å². The average Bonchev–Trinajstić information content (AvgIpc) is 3.25. The van der Waals surface area contributed by atoms with Crippen molar-refractivity contribution >= 4 is 34.8 Å². The van der Waals surface area contributed by atoms with E-state index in [0.717, 1.165) is 16.5 Å². The van der Waals surface area contributed by atoms with E-state index >= 15 is 0 Å². The van der Waals surface area contributed by atoms with Crippen LogP contribution in [0.15, 0.2) is 42.1 Å². The molecule has 0 fully saturated rings. The van der Waals surface area contributed by atoms with E-state index in [0.29, 0.717) is 5.57 Å². The van der Waals surface area contributed by atoms with E-state index < -0.39 is 47.1 Å². The summed E-state index contributed by atoms with van der Waals surface area (Å²) in [7, 11) is 5.15. The van der Waals surface area contributed by atoms with Gasteiger partial charge >= 0.3 is 12.1 Å². The normalized spacial score (nSPS) is 14.5. The van der Waals surface area contributed by atoms with Gasteiger partial charge in [0.05, 0.1) is 12.6 Å². The molecule has 1 aromatic carbocycles. The van der Waals surface area contributed by atoms with Crippen molar-refractivity contribution in [2.24, 2.45) is 18.4 Å². The number of amides is 3. The Hall–Kier alpha value is -3.82. The summed E-state index contributed by atoms with van der Waals surface area (Å²) >= 11 is 0. The summed E-state index contributed by atoms with van der Waals surface area (Å²) in [6, 6.07) is 5.54. The zero-order valence-corrected chi connectivity index (χ0v) is 29.5. The molecule has 0 aliphatic rings. The lowest BCUT2D eigenvalue weighted by Crippen LogP contribution is -2.60. The van der Waals surface area contributed by atoms with Crippen LogP contribution in [0, 0.1) is 11.3 Å². The molecule has 0 saturated heterocycles. The number of carbonyl (C=O) groups is 4. The van der Waals surface area contributed by atoms with Gasteiger partial charge in [-0.1, -0.05) is 58.9 Å². The highest BCUT2D eigenvalue weighted by molar-refractivity contribution is 5.93. The van der Waals surface area contributed by atoms with Gasteiger partial charge in [-0.05, 0) is 57.6 Å². The Morgan fingerprint density at radius 1 is 1.00 bits per heavy atom. The molecular formula is C35H54N4O6. The number of benzene rings is 1. The molecule has 1 N–H and O–H groups in total. The number of aromatic nitrogens is 1. The van der Waals surface area contributed by atoms with Crippen LogP contribution in [-0.4, -0.2) is 82.7 Å². The van der Waals surface area contributed by atoms with Crippen molar-refractivity contribution in [3.63, 3.8) is 0 Å². The van der Waals surface area contributed by atoms with Crippen LogP contribution in [0.25, 0.3) is 10.9 Å². The third kappa shape index (κ3) is 9.83. The first-order chi connectivity index (χ1) is 20.7. The third-order valence-corrected chi connectivity index (χ3v) is 7.74. The van der Waals surface area contributed by atoms with Crippen LogP contribution in [0.5, 0.6) is 0 Å². The lowest BCUT2D eigenvalue weighted by atomic mass is 9.84. The largest absolute Gasteiger partial charge is 0.463 e. The van der Waals surface area contributed by atoms with Crippen molar-refractivity contribution in [3.05, 3.63) is 47.7 Å². The zero-order valence-electron chi connectivity index (χ0n) is 29.5. The van der Waals surface area contributed by atoms with Crippen LogP contribution in [0.2, 0.25) is 0 Å². The van der Waals surface area contributed by atoms with Crippen molar-refractivity contribution in [2.75, 3.05) is 20.7 Å². The Bertz CT molecular complexity index is 1390. The molecule has 2 rings (SSSR count). The van der Waals surface area contributed by atoms with Crippen molar-refractivity contribution in [3.8, 4) is 0 Å². The molecule has 45 heavy (non-hydrogen) atoms. The Labute approximate surface area is 269 Å². The van der Waals surface area contributed by atoms with Crippen LogP contribution in [0.1, 0.15) is 74.8 Å². The lowest BCUT2D eigenvalue weighted by Gasteiger charge is -2.38. The molecule has 0 unspecified atom stereocenters. The van der Waals surface area contributed by atoms with Crippen molar-refractivity contribution in [2.45, 2.75) is 99.4 Å². The number of hydrogen-bond donors (Lipinski definition) is 1. The lowest BCUT2D eigenvalue weighted by molar-refractivity contribution is -0.141. The van der Waals surface area contributed by atoms with Crippen LogP contribution in [0.3, 0.4) is 0 Å². The fourth-order valence-corrected chi connectivity index (χ4v) is 5.22. The molecule has 0 bridgehead atoms. The molecule has 0 radical (unpaired) electrons. The Morgan fingerprint density at radius 3 is 2.13 bits per heavy atom. The fraction of sp³-hybridized carbons (Fsp3) is 0.600. The fourth-order valence-electron chi connectivity index (χ4n) is 5.22. The van der Waals surface area contributed by atoms with Crippen LogP contribution < -0.4 is 5.32 Å². The monoisotopic (exact) mass is 626 g/mol. The minimum atomic E-state index is -0.972. The summed E-state index contributed by atoms with van der Waals surface area (Å²) in [6.07, 6.45) is 3.26. The average molecular weight is 627 g/mol. The number of para-hydroxylation sites is 1. The maximum atomic E-state index is 14.2. The molecule has 1 heterocycles. The van der Waals surface area contributed by atoms with Gasteiger partial charge in [-0.25, -0.2) is 9.59 Å². The van der Waals surface area contributed by atoms with Gasteiger partial charge in [0, 0.05) is 50.2 Å². The minimum absolute atomic E-state index is 0.0305. The molecule has 1 aromatic heterocycles. The molecule has 10 heteroatoms. The molecule has 0 spiro atoms. The second kappa shape index (κ2) is 15.0. The molecule has 3 amide bonds. The van der Waals surface area contributed by atoms with E-state index in [1.807, 2.05) is 76.7 Å². The third-order valence-electron chi connectivity index (χ3n) is 7.74. The summed E-state index contributed by atoms with van der Waals surface area (Å²) in [5, 5.41) is 3.98. The van der Waals surface area contributed by atoms with Crippen LogP contribution in [0.4, 0.5) is 4.79 Å². The number of fused-ring (bicyclic) bond motifs is 1. The van der Waals surface area contributed by atoms with Gasteiger partial charge in [0.15, 0.2) is 0 Å². The predicted molar refractivity (Wildman–Crippen MR) is 178 cm³/mol. The number of hydrogen-bond acceptors (Lipinski definition) is 6. The number of likely N-dealkylation sites (N-methyl/N-ethyl adjacent to an activating group) is 2. The molecule has 2 aromatic rings. The summed E-state index contributed by atoms with van der Waals surface area (Å²) in [5.74, 6) is -1.26. The van der Waals surface area contributed by atoms with Gasteiger partial charge < -0.3 is 24.3 Å². The summed E-state index contributed by atoms with van der Waals surface area (Å²) in [6.45, 7) is 18.5. The standard InChI is InChI=1S/C35H54N4O6/c1-14-44-32(42)23(4)19-27(22(2)3)38(12)31(41)29(34(5,6)7)36-30(40)28(39(13)33(43)45-35(8,9)10)20-24-21-37(11)26-18-16-15-17-25(24)26/h15-19,21-22,27-29H,14,20H2,1-13H3,(H,36,40)/b23-19+/t27-,28+,29-/m1/s1. The van der Waals surface area contributed by atoms with Gasteiger partial charge in [-0.2, -0.15) is 0 Å². The number of nitrogens with one attached hydrogen (secondary N) is 1. The highest BCUT2D eigenvalue weighted by Gasteiger charge is 2.40. The number of rotatable bonds is 11. The molecule has 3 atom stereocenters. The Balaban J connectivity index is 2.51. The number of nitrogens with zero attached hydrogens (tertiary/aromatic N) is 3. The molecule has 10 nitrogen and oxygen atoms in total. The summed E-state index contributed by atoms with van der Waals surface area (Å²) < 4.78 is 12.8. The predicted octanol–water partition coefficient (Wildman–Crippen LogP) is 5.48. The second-order valence-electron chi connectivity index (χ2n) is 14.2. The first kappa shape index (κ1) is 37.4. The first-order valence-electron chi connectivity index (χ1n) is 15.6. The van der Waals surface area contributed by atoms with Gasteiger partial charge in [0.25, 0.3) is 0 Å². The smallest absolute Gasteiger partial charge is 0.410 e. The quantitative estimate of drug-likeness (QED) is 0.261. The molecule has 0 saturated carbocycles. The first-order valence-corrected chi connectivity index (χ1v) is 15.6. The topological polar surface area (TPSA) is 110 Å². The number of ether oxygens (including phenoxy) is 2. The molecule has 0 aliphatic carbocycles. The highest BCUT2D eigenvalue weighted by Crippen LogP contribution is 2.26. The number of carbonyl (C=O) groups excluding carboxylic acids is 4. The van der Waals surface area contributed by atoms with E-state index in [1.54, 1.807) is 59.7 Å². The van der Waals surface area contributed by atoms with Crippen molar-refractivity contribution in [1.29, 1.82) is 0 Å². The minimum Gasteiger partial charge on any atom is -0.463 e. The van der Waals surface area contributed by atoms with Gasteiger partial charge in [-0.3, -0.25) is 14.5 Å². The molecule has 0 aliphatic heterocycles. The SMILES string of the molecule is CCOC(=O)/C(C)=C/[C@H](C(C)C)N(C)C(=O)[C@@H](NC(=O)[C@H](Cc1cn(C)c2ccccc12)N(C)C(=O)OC(C)(C)C)C(C)(C)C. The summed E-state index contributed by atoms with van der Waals surface area (Å²) in [5.41, 5.74) is 0.845. The molecular weight excluding hydrogens is 572 g/mol. The molecule has 250 valence electrons. The van der Waals surface area contributed by atoms with E-state index in [1.165, 1.54) is 4.90 Å². The zero-order chi connectivity index (χ0) is 34.4. The highest BCUT2D eigenvalue weighted by atomic mass is 16.6. The number of aryl methyl sites for hydroxylation is 1. The van der Waals surface area contributed by atoms with Gasteiger partial charge in [0.1, 0.15) is 17.7 Å². The Kier molecular flexibility index (Phi) is 12.4. The van der Waals surface area contributed by atoms with Crippen LogP contribution >= 0.6 is 0 Å². The van der Waals surface area contributed by atoms with E-state index in [9.17, 15) is 19.2 Å². The van der Waals surface area contributed by atoms with E-state index in [2.05, 4.69) is 5.32 Å². The van der Waals surface area contributed by atoms with E-state index in [4.69, 9.17) is 9.47 Å². The summed E-state index contributed by atoms with van der Waals surface area (Å²) in [4.78, 5) is 56.9. The van der Waals surface area contributed by atoms with Gasteiger partial charge in [0.2, 0.25) is 11.8 Å². The maximum absolute atomic E-state index is 14.2. The maximum Gasteiger partial charge on any atom is 0.410 e. The van der Waals surface area contributed by atoms with Crippen LogP contribution in [-0.2, 0) is 37.3 Å². The second-order valence-corrected chi connectivity index (χ2v) is 14.2. The number of esters is 1.